The second-order valence-electron chi connectivity index (χ2n) is 4.98. The highest BCUT2D eigenvalue weighted by molar-refractivity contribution is 6.22. The first-order valence-corrected chi connectivity index (χ1v) is 7.30. The van der Waals surface area contributed by atoms with Gasteiger partial charge in [-0.15, -0.1) is 0 Å². The standard InChI is InChI=1S/C16H14N4O4/c1-2-24-16-17-7-10(8-18-16)19-13(21)9-20-14(22)11-5-3-4-6-12(11)15(20)23/h3-8H,2,9H2,1H3,(H,19,21). The van der Waals surface area contributed by atoms with Crippen molar-refractivity contribution >= 4 is 23.4 Å². The lowest BCUT2D eigenvalue weighted by molar-refractivity contribution is -0.116. The van der Waals surface area contributed by atoms with Gasteiger partial charge in [-0.25, -0.2) is 9.97 Å². The van der Waals surface area contributed by atoms with Gasteiger partial charge in [-0.1, -0.05) is 12.1 Å². The molecule has 1 aromatic carbocycles. The van der Waals surface area contributed by atoms with Crippen molar-refractivity contribution in [2.45, 2.75) is 6.92 Å². The van der Waals surface area contributed by atoms with Crippen LogP contribution < -0.4 is 10.1 Å². The van der Waals surface area contributed by atoms with E-state index in [-0.39, 0.29) is 12.6 Å². The van der Waals surface area contributed by atoms with Crippen molar-refractivity contribution in [1.29, 1.82) is 0 Å². The van der Waals surface area contributed by atoms with Gasteiger partial charge in [0.15, 0.2) is 0 Å². The number of rotatable bonds is 5. The molecule has 0 spiro atoms. The molecule has 0 bridgehead atoms. The fraction of sp³-hybridized carbons (Fsp3) is 0.188. The van der Waals surface area contributed by atoms with Crippen LogP contribution in [-0.4, -0.2) is 45.7 Å². The molecule has 1 aliphatic heterocycles. The predicted molar refractivity (Wildman–Crippen MR) is 83.6 cm³/mol. The molecule has 0 radical (unpaired) electrons. The quantitative estimate of drug-likeness (QED) is 0.826. The molecule has 3 rings (SSSR count). The number of carbonyl (C=O) groups excluding carboxylic acids is 3. The largest absolute Gasteiger partial charge is 0.464 e. The summed E-state index contributed by atoms with van der Waals surface area (Å²) in [5.74, 6) is -1.47. The average Bonchev–Trinajstić information content (AvgIpc) is 2.82. The van der Waals surface area contributed by atoms with Crippen LogP contribution in [0.15, 0.2) is 36.7 Å². The minimum absolute atomic E-state index is 0.204. The van der Waals surface area contributed by atoms with E-state index in [4.69, 9.17) is 4.74 Å². The Morgan fingerprint density at radius 3 is 2.25 bits per heavy atom. The second-order valence-corrected chi connectivity index (χ2v) is 4.98. The number of anilines is 1. The Balaban J connectivity index is 1.65. The van der Waals surface area contributed by atoms with E-state index in [1.165, 1.54) is 12.4 Å². The summed E-state index contributed by atoms with van der Waals surface area (Å²) in [6, 6.07) is 6.67. The number of nitrogens with one attached hydrogen (secondary N) is 1. The molecule has 0 unspecified atom stereocenters. The first-order chi connectivity index (χ1) is 11.6. The molecule has 1 aromatic heterocycles. The van der Waals surface area contributed by atoms with Gasteiger partial charge in [0.2, 0.25) is 5.91 Å². The van der Waals surface area contributed by atoms with Crippen molar-refractivity contribution in [1.82, 2.24) is 14.9 Å². The summed E-state index contributed by atoms with van der Waals surface area (Å²) in [6.45, 7) is 1.87. The number of hydrogen-bond acceptors (Lipinski definition) is 6. The van der Waals surface area contributed by atoms with Gasteiger partial charge in [0, 0.05) is 0 Å². The molecule has 0 saturated heterocycles. The normalized spacial score (nSPS) is 13.0. The van der Waals surface area contributed by atoms with Crippen molar-refractivity contribution in [3.05, 3.63) is 47.8 Å². The van der Waals surface area contributed by atoms with Gasteiger partial charge in [0.1, 0.15) is 6.54 Å². The lowest BCUT2D eigenvalue weighted by atomic mass is 10.1. The molecule has 0 atom stereocenters. The Hall–Kier alpha value is -3.29. The third-order valence-corrected chi connectivity index (χ3v) is 3.37. The number of nitrogens with zero attached hydrogens (tertiary/aromatic N) is 3. The number of benzene rings is 1. The van der Waals surface area contributed by atoms with Crippen LogP contribution in [0.3, 0.4) is 0 Å². The van der Waals surface area contributed by atoms with Crippen LogP contribution in [0.2, 0.25) is 0 Å². The molecular formula is C16H14N4O4. The SMILES string of the molecule is CCOc1ncc(NC(=O)CN2C(=O)c3ccccc3C2=O)cn1. The molecule has 8 nitrogen and oxygen atoms in total. The van der Waals surface area contributed by atoms with E-state index in [1.807, 2.05) is 0 Å². The van der Waals surface area contributed by atoms with E-state index >= 15 is 0 Å². The Labute approximate surface area is 137 Å². The summed E-state index contributed by atoms with van der Waals surface area (Å²) >= 11 is 0. The summed E-state index contributed by atoms with van der Waals surface area (Å²) < 4.78 is 5.10. The summed E-state index contributed by atoms with van der Waals surface area (Å²) in [7, 11) is 0. The molecule has 24 heavy (non-hydrogen) atoms. The van der Waals surface area contributed by atoms with Crippen molar-refractivity contribution < 1.29 is 19.1 Å². The van der Waals surface area contributed by atoms with E-state index in [0.29, 0.717) is 23.4 Å². The topological polar surface area (TPSA) is 101 Å². The molecule has 3 amide bonds. The minimum atomic E-state index is -0.516. The number of imide groups is 1. The van der Waals surface area contributed by atoms with Gasteiger partial charge in [0.25, 0.3) is 11.8 Å². The van der Waals surface area contributed by atoms with Gasteiger partial charge in [-0.2, -0.15) is 0 Å². The fourth-order valence-corrected chi connectivity index (χ4v) is 2.31. The number of carbonyl (C=O) groups is 3. The molecular weight excluding hydrogens is 312 g/mol. The average molecular weight is 326 g/mol. The Morgan fingerprint density at radius 1 is 1.12 bits per heavy atom. The van der Waals surface area contributed by atoms with Crippen molar-refractivity contribution in [2.24, 2.45) is 0 Å². The maximum absolute atomic E-state index is 12.2. The molecule has 8 heteroatoms. The fourth-order valence-electron chi connectivity index (χ4n) is 2.31. The Kier molecular flexibility index (Phi) is 4.19. The van der Waals surface area contributed by atoms with Gasteiger partial charge >= 0.3 is 6.01 Å². The van der Waals surface area contributed by atoms with Crippen LogP contribution in [0.1, 0.15) is 27.6 Å². The zero-order valence-corrected chi connectivity index (χ0v) is 12.9. The highest BCUT2D eigenvalue weighted by atomic mass is 16.5. The molecule has 0 saturated carbocycles. The number of amides is 3. The number of ether oxygens (including phenoxy) is 1. The van der Waals surface area contributed by atoms with Crippen LogP contribution in [0.25, 0.3) is 0 Å². The van der Waals surface area contributed by atoms with Crippen LogP contribution in [0.4, 0.5) is 5.69 Å². The van der Waals surface area contributed by atoms with Crippen LogP contribution in [0.5, 0.6) is 6.01 Å². The third kappa shape index (κ3) is 2.94. The highest BCUT2D eigenvalue weighted by Crippen LogP contribution is 2.22. The lowest BCUT2D eigenvalue weighted by Crippen LogP contribution is -2.37. The van der Waals surface area contributed by atoms with Crippen LogP contribution >= 0.6 is 0 Å². The van der Waals surface area contributed by atoms with Gasteiger partial charge in [-0.3, -0.25) is 19.3 Å². The summed E-state index contributed by atoms with van der Waals surface area (Å²) in [4.78, 5) is 45.2. The molecule has 0 fully saturated rings. The monoisotopic (exact) mass is 326 g/mol. The van der Waals surface area contributed by atoms with E-state index in [0.717, 1.165) is 4.90 Å². The maximum Gasteiger partial charge on any atom is 0.316 e. The zero-order chi connectivity index (χ0) is 17.1. The number of hydrogen-bond donors (Lipinski definition) is 1. The molecule has 1 N–H and O–H groups in total. The number of aromatic nitrogens is 2. The molecule has 1 aliphatic rings. The molecule has 122 valence electrons. The summed E-state index contributed by atoms with van der Waals surface area (Å²) in [5.41, 5.74) is 0.958. The predicted octanol–water partition coefficient (Wildman–Crippen LogP) is 1.11. The van der Waals surface area contributed by atoms with Crippen LogP contribution in [-0.2, 0) is 4.79 Å². The van der Waals surface area contributed by atoms with Crippen molar-refractivity contribution in [3.8, 4) is 6.01 Å². The highest BCUT2D eigenvalue weighted by Gasteiger charge is 2.36. The Morgan fingerprint density at radius 2 is 1.71 bits per heavy atom. The van der Waals surface area contributed by atoms with E-state index in [2.05, 4.69) is 15.3 Å². The first-order valence-electron chi connectivity index (χ1n) is 7.30. The maximum atomic E-state index is 12.2. The summed E-state index contributed by atoms with van der Waals surface area (Å²) in [6.07, 6.45) is 2.77. The molecule has 2 heterocycles. The lowest BCUT2D eigenvalue weighted by Gasteiger charge is -2.13. The number of fused-ring (bicyclic) bond motifs is 1. The second kappa shape index (κ2) is 6.45. The Bertz CT molecular complexity index is 769. The third-order valence-electron chi connectivity index (χ3n) is 3.37. The van der Waals surface area contributed by atoms with E-state index in [9.17, 15) is 14.4 Å². The summed E-state index contributed by atoms with van der Waals surface area (Å²) in [5, 5.41) is 2.54. The smallest absolute Gasteiger partial charge is 0.316 e. The van der Waals surface area contributed by atoms with E-state index in [1.54, 1.807) is 31.2 Å². The van der Waals surface area contributed by atoms with Crippen LogP contribution in [0, 0.1) is 0 Å². The zero-order valence-electron chi connectivity index (χ0n) is 12.9. The van der Waals surface area contributed by atoms with Gasteiger partial charge in [0.05, 0.1) is 35.8 Å². The van der Waals surface area contributed by atoms with Gasteiger partial charge < -0.3 is 10.1 Å². The first kappa shape index (κ1) is 15.6. The molecule has 2 aromatic rings. The van der Waals surface area contributed by atoms with Gasteiger partial charge in [-0.05, 0) is 19.1 Å². The molecule has 0 aliphatic carbocycles. The van der Waals surface area contributed by atoms with Crippen molar-refractivity contribution in [2.75, 3.05) is 18.5 Å². The van der Waals surface area contributed by atoms with E-state index < -0.39 is 17.7 Å². The van der Waals surface area contributed by atoms with Crippen molar-refractivity contribution in [3.63, 3.8) is 0 Å². The minimum Gasteiger partial charge on any atom is -0.464 e.